The maximum Gasteiger partial charge on any atom is 0.343 e. The second-order valence-electron chi connectivity index (χ2n) is 21.8. The summed E-state index contributed by atoms with van der Waals surface area (Å²) in [5, 5.41) is 3.31. The zero-order valence-corrected chi connectivity index (χ0v) is 51.1. The molecule has 8 aromatic rings. The average Bonchev–Trinajstić information content (AvgIpc) is 0.771. The minimum Gasteiger partial charge on any atom is -0.494 e. The lowest BCUT2D eigenvalue weighted by atomic mass is 9.87. The van der Waals surface area contributed by atoms with Gasteiger partial charge >= 0.3 is 29.8 Å². The number of ether oxygens (including phenoxy) is 11. The van der Waals surface area contributed by atoms with Crippen LogP contribution in [0.25, 0.3) is 43.6 Å². The number of carbonyl (C=O) groups is 5. The second kappa shape index (κ2) is 34.4. The fourth-order valence-electron chi connectivity index (χ4n) is 10.3. The number of carbonyl (C=O) groups excluding carboxylic acids is 5. The Labute approximate surface area is 529 Å². The first kappa shape index (κ1) is 65.8. The summed E-state index contributed by atoms with van der Waals surface area (Å²) >= 11 is 0. The van der Waals surface area contributed by atoms with Gasteiger partial charge in [-0.3, -0.25) is 4.79 Å². The van der Waals surface area contributed by atoms with Crippen LogP contribution >= 0.6 is 0 Å². The number of hydrogen-bond acceptors (Lipinski definition) is 18. The van der Waals surface area contributed by atoms with Gasteiger partial charge in [-0.2, -0.15) is 0 Å². The van der Waals surface area contributed by atoms with Gasteiger partial charge in [0.2, 0.25) is 0 Å². The third-order valence-electron chi connectivity index (χ3n) is 15.3. The fourth-order valence-corrected chi connectivity index (χ4v) is 10.3. The predicted molar refractivity (Wildman–Crippen MR) is 345 cm³/mol. The van der Waals surface area contributed by atoms with E-state index in [1.807, 2.05) is 84.9 Å². The first-order valence-electron chi connectivity index (χ1n) is 30.9. The summed E-state index contributed by atoms with van der Waals surface area (Å²) in [5.74, 6) is 1.15. The summed E-state index contributed by atoms with van der Waals surface area (Å²) in [6.45, 7) is 13.6. The molecule has 0 N–H and O–H groups in total. The quantitative estimate of drug-likeness (QED) is 0.00679. The van der Waals surface area contributed by atoms with E-state index in [2.05, 4.69) is 19.7 Å². The number of aromatic nitrogens is 2. The molecular weight excluding hydrogens is 1160 g/mol. The van der Waals surface area contributed by atoms with Crippen LogP contribution < -0.4 is 28.4 Å². The molecule has 9 rings (SSSR count). The maximum atomic E-state index is 13.8. The third kappa shape index (κ3) is 19.9. The van der Waals surface area contributed by atoms with Crippen molar-refractivity contribution in [3.8, 4) is 34.5 Å². The van der Waals surface area contributed by atoms with Gasteiger partial charge in [0.05, 0.1) is 85.9 Å². The van der Waals surface area contributed by atoms with Crippen LogP contribution in [-0.4, -0.2) is 98.8 Å². The highest BCUT2D eigenvalue weighted by atomic mass is 16.6. The predicted octanol–water partition coefficient (Wildman–Crippen LogP) is 14.0. The van der Waals surface area contributed by atoms with E-state index >= 15 is 0 Å². The molecule has 1 saturated carbocycles. The van der Waals surface area contributed by atoms with Gasteiger partial charge in [0.25, 0.3) is 0 Å². The van der Waals surface area contributed by atoms with Crippen molar-refractivity contribution in [2.75, 3.05) is 52.9 Å². The van der Waals surface area contributed by atoms with E-state index in [4.69, 9.17) is 62.1 Å². The lowest BCUT2D eigenvalue weighted by Crippen LogP contribution is -2.28. The zero-order valence-electron chi connectivity index (χ0n) is 51.1. The molecule has 474 valence electrons. The van der Waals surface area contributed by atoms with Gasteiger partial charge in [-0.05, 0) is 196 Å². The molecule has 7 aromatic carbocycles. The molecule has 1 fully saturated rings. The molecule has 0 radical (unpaired) electrons. The number of fused-ring (bicyclic) bond motifs is 7. The van der Waals surface area contributed by atoms with Crippen molar-refractivity contribution >= 4 is 73.5 Å². The molecule has 1 aliphatic carbocycles. The second-order valence-corrected chi connectivity index (χ2v) is 21.8. The Bertz CT molecular complexity index is 3780. The lowest BCUT2D eigenvalue weighted by molar-refractivity contribution is -0.141. The number of unbranched alkanes of at least 4 members (excludes halogenated alkanes) is 6. The van der Waals surface area contributed by atoms with Gasteiger partial charge in [-0.1, -0.05) is 44.0 Å². The zero-order chi connectivity index (χ0) is 63.6. The summed E-state index contributed by atoms with van der Waals surface area (Å²) in [6.07, 6.45) is 13.3. The van der Waals surface area contributed by atoms with Crippen LogP contribution in [0.5, 0.6) is 34.5 Å². The number of esters is 5. The number of hydrogen-bond donors (Lipinski definition) is 0. The van der Waals surface area contributed by atoms with Crippen LogP contribution in [-0.2, 0) is 56.1 Å². The number of nitrogens with zero attached hydrogens (tertiary/aromatic N) is 2. The molecule has 18 nitrogen and oxygen atoms in total. The molecule has 18 heteroatoms. The Hall–Kier alpha value is -9.65. The summed E-state index contributed by atoms with van der Waals surface area (Å²) < 4.78 is 62.9. The number of rotatable bonds is 36. The van der Waals surface area contributed by atoms with Gasteiger partial charge in [0, 0.05) is 35.1 Å². The van der Waals surface area contributed by atoms with E-state index in [0.29, 0.717) is 109 Å². The van der Waals surface area contributed by atoms with Crippen LogP contribution in [0.3, 0.4) is 0 Å². The van der Waals surface area contributed by atoms with Gasteiger partial charge < -0.3 is 52.1 Å². The number of benzene rings is 7. The Morgan fingerprint density at radius 2 is 0.879 bits per heavy atom. The Morgan fingerprint density at radius 3 is 1.49 bits per heavy atom. The van der Waals surface area contributed by atoms with Crippen molar-refractivity contribution < 1.29 is 76.1 Å². The topological polar surface area (TPSA) is 213 Å². The SMILES string of the molecule is C=CC(=O)OCCCCCCOc1ccc(COc2ccc3c4ccc(OC(=O)c5ccc(COC6CCC(C(=O)Oc7ccc(OCCCCCCOC(=O)C=C)cc7)CC6)cc5)cc4c4nc5ccc(OCCOCCOC(=O)C=C)cc5nc4c3c2)cc1. The molecule has 0 amide bonds. The molecule has 0 aliphatic heterocycles. The fraction of sp³-hybridized carbons (Fsp3) is 0.329. The Balaban J connectivity index is 0.791. The summed E-state index contributed by atoms with van der Waals surface area (Å²) in [6, 6.07) is 39.0. The monoisotopic (exact) mass is 1240 g/mol. The lowest BCUT2D eigenvalue weighted by Gasteiger charge is -2.27. The van der Waals surface area contributed by atoms with Crippen molar-refractivity contribution in [2.45, 2.75) is 96.4 Å². The molecule has 0 unspecified atom stereocenters. The summed E-state index contributed by atoms with van der Waals surface area (Å²) in [4.78, 5) is 71.0. The standard InChI is InChI=1S/C73H76N2O16/c1-4-67(76)85-39-13-9-7-11-37-82-54-23-17-51(18-24-54)49-89-58-31-34-61-62-35-32-60(46-64(62)70-71(63(61)45-58)75-66-47-59(33-36-65(66)74-70)84-43-41-81-42-44-87-69(78)6-3)91-73(80)52-19-15-50(16-20-52)48-88-56-25-21-53(22-26-56)72(79)90-57-29-27-55(28-30-57)83-38-12-8-10-14-40-86-68(77)5-2/h4-6,15-20,23-24,27-36,45-47,53,56H,1-3,7-14,21-22,25-26,37-44,48-49H2. The minimum absolute atomic E-state index is 0.0180. The molecule has 1 heterocycles. The summed E-state index contributed by atoms with van der Waals surface area (Å²) in [5.41, 5.74) is 4.65. The highest BCUT2D eigenvalue weighted by molar-refractivity contribution is 6.24. The molecule has 0 bridgehead atoms. The van der Waals surface area contributed by atoms with E-state index < -0.39 is 23.9 Å². The van der Waals surface area contributed by atoms with E-state index in [1.54, 1.807) is 42.5 Å². The molecule has 0 spiro atoms. The van der Waals surface area contributed by atoms with Crippen LogP contribution in [0.1, 0.15) is 98.5 Å². The van der Waals surface area contributed by atoms with Crippen molar-refractivity contribution in [2.24, 2.45) is 5.92 Å². The molecule has 1 aliphatic rings. The van der Waals surface area contributed by atoms with Gasteiger partial charge in [0.1, 0.15) is 54.3 Å². The Kier molecular flexibility index (Phi) is 24.8. The van der Waals surface area contributed by atoms with E-state index in [1.165, 1.54) is 6.08 Å². The normalized spacial score (nSPS) is 13.7. The Morgan fingerprint density at radius 1 is 0.407 bits per heavy atom. The van der Waals surface area contributed by atoms with E-state index in [9.17, 15) is 24.0 Å². The first-order valence-corrected chi connectivity index (χ1v) is 30.9. The van der Waals surface area contributed by atoms with Crippen molar-refractivity contribution in [3.63, 3.8) is 0 Å². The molecular formula is C73H76N2O16. The molecule has 0 saturated heterocycles. The molecule has 1 aromatic heterocycles. The van der Waals surface area contributed by atoms with Gasteiger partial charge in [-0.25, -0.2) is 29.1 Å². The molecule has 91 heavy (non-hydrogen) atoms. The summed E-state index contributed by atoms with van der Waals surface area (Å²) in [7, 11) is 0. The highest BCUT2D eigenvalue weighted by Gasteiger charge is 2.28. The minimum atomic E-state index is -0.528. The highest BCUT2D eigenvalue weighted by Crippen LogP contribution is 2.39. The largest absolute Gasteiger partial charge is 0.494 e. The van der Waals surface area contributed by atoms with Crippen molar-refractivity contribution in [1.82, 2.24) is 9.97 Å². The van der Waals surface area contributed by atoms with E-state index in [-0.39, 0.29) is 44.4 Å². The smallest absolute Gasteiger partial charge is 0.343 e. The molecule has 0 atom stereocenters. The van der Waals surface area contributed by atoms with Crippen LogP contribution in [0, 0.1) is 5.92 Å². The third-order valence-corrected chi connectivity index (χ3v) is 15.3. The average molecular weight is 1240 g/mol. The van der Waals surface area contributed by atoms with Gasteiger partial charge in [-0.15, -0.1) is 0 Å². The van der Waals surface area contributed by atoms with E-state index in [0.717, 1.165) is 115 Å². The van der Waals surface area contributed by atoms with Gasteiger partial charge in [0.15, 0.2) is 0 Å². The maximum absolute atomic E-state index is 13.8. The van der Waals surface area contributed by atoms with Crippen LogP contribution in [0.4, 0.5) is 0 Å². The van der Waals surface area contributed by atoms with Crippen molar-refractivity contribution in [3.05, 3.63) is 182 Å². The van der Waals surface area contributed by atoms with Crippen molar-refractivity contribution in [1.29, 1.82) is 0 Å². The van der Waals surface area contributed by atoms with Crippen LogP contribution in [0.2, 0.25) is 0 Å². The first-order chi connectivity index (χ1) is 44.5. The van der Waals surface area contributed by atoms with Crippen LogP contribution in [0.15, 0.2) is 165 Å².